The van der Waals surface area contributed by atoms with Gasteiger partial charge in [0.05, 0.1) is 28.1 Å². The van der Waals surface area contributed by atoms with E-state index in [-0.39, 0.29) is 23.0 Å². The molecule has 1 amide bonds. The fraction of sp³-hybridized carbons (Fsp3) is 0.0833. The minimum absolute atomic E-state index is 0.00149. The number of thioether (sulfide) groups is 1. The van der Waals surface area contributed by atoms with Crippen molar-refractivity contribution >= 4 is 50.2 Å². The topological polar surface area (TPSA) is 76.3 Å². The quantitative estimate of drug-likeness (QED) is 0.168. The van der Waals surface area contributed by atoms with Gasteiger partial charge in [0.1, 0.15) is 5.82 Å². The Bertz CT molecular complexity index is 1400. The summed E-state index contributed by atoms with van der Waals surface area (Å²) in [5, 5.41) is 4.97. The van der Waals surface area contributed by atoms with Gasteiger partial charge in [-0.2, -0.15) is 5.10 Å². The molecule has 0 saturated heterocycles. The molecule has 3 aromatic carbocycles. The van der Waals surface area contributed by atoms with Gasteiger partial charge >= 0.3 is 0 Å². The fourth-order valence-corrected chi connectivity index (χ4v) is 4.16. The predicted molar refractivity (Wildman–Crippen MR) is 133 cm³/mol. The van der Waals surface area contributed by atoms with Crippen molar-refractivity contribution in [3.63, 3.8) is 0 Å². The van der Waals surface area contributed by atoms with Crippen LogP contribution >= 0.6 is 27.7 Å². The van der Waals surface area contributed by atoms with E-state index < -0.39 is 0 Å². The van der Waals surface area contributed by atoms with E-state index in [0.29, 0.717) is 33.0 Å². The molecule has 0 atom stereocenters. The van der Waals surface area contributed by atoms with Crippen molar-refractivity contribution in [2.45, 2.75) is 12.1 Å². The molecule has 33 heavy (non-hydrogen) atoms. The predicted octanol–water partition coefficient (Wildman–Crippen LogP) is 4.92. The van der Waals surface area contributed by atoms with Crippen molar-refractivity contribution in [2.75, 3.05) is 5.75 Å². The molecule has 0 aliphatic heterocycles. The van der Waals surface area contributed by atoms with Gasteiger partial charge in [-0.3, -0.25) is 14.2 Å². The summed E-state index contributed by atoms with van der Waals surface area (Å²) in [6.45, 7) is 1.72. The van der Waals surface area contributed by atoms with E-state index in [1.807, 2.05) is 30.3 Å². The lowest BCUT2D eigenvalue weighted by atomic mass is 10.1. The number of hydrogen-bond donors (Lipinski definition) is 1. The molecule has 1 heterocycles. The number of rotatable bonds is 6. The van der Waals surface area contributed by atoms with E-state index in [9.17, 15) is 14.0 Å². The normalized spacial score (nSPS) is 11.5. The van der Waals surface area contributed by atoms with Gasteiger partial charge in [0.15, 0.2) is 5.16 Å². The van der Waals surface area contributed by atoms with Gasteiger partial charge in [0.2, 0.25) is 0 Å². The second-order valence-electron chi connectivity index (χ2n) is 7.06. The van der Waals surface area contributed by atoms with Crippen LogP contribution in [0.2, 0.25) is 0 Å². The number of nitrogens with one attached hydrogen (secondary N) is 1. The second-order valence-corrected chi connectivity index (χ2v) is 8.91. The van der Waals surface area contributed by atoms with E-state index in [1.165, 1.54) is 16.7 Å². The van der Waals surface area contributed by atoms with Crippen molar-refractivity contribution in [1.29, 1.82) is 0 Å². The standard InChI is InChI=1S/C24H18BrFN4O2S/c1-15(16-6-10-18(26)11-7-16)28-29-22(31)14-33-24-27-21-5-3-2-4-20(21)23(32)30(24)19-12-8-17(25)9-13-19/h2-13H,14H2,1H3,(H,29,31)/b28-15+. The highest BCUT2D eigenvalue weighted by Gasteiger charge is 2.15. The zero-order valence-corrected chi connectivity index (χ0v) is 19.9. The van der Waals surface area contributed by atoms with Gasteiger partial charge < -0.3 is 0 Å². The van der Waals surface area contributed by atoms with Gasteiger partial charge in [0, 0.05) is 4.47 Å². The molecule has 0 fully saturated rings. The summed E-state index contributed by atoms with van der Waals surface area (Å²) in [4.78, 5) is 30.3. The number of aromatic nitrogens is 2. The summed E-state index contributed by atoms with van der Waals surface area (Å²) >= 11 is 4.54. The molecule has 0 unspecified atom stereocenters. The maximum atomic E-state index is 13.2. The van der Waals surface area contributed by atoms with Crippen LogP contribution in [0.5, 0.6) is 0 Å². The van der Waals surface area contributed by atoms with E-state index in [1.54, 1.807) is 37.3 Å². The minimum Gasteiger partial charge on any atom is -0.272 e. The number of carbonyl (C=O) groups is 1. The maximum Gasteiger partial charge on any atom is 0.266 e. The number of hydrogen-bond acceptors (Lipinski definition) is 5. The summed E-state index contributed by atoms with van der Waals surface area (Å²) in [6, 6.07) is 20.2. The first-order chi connectivity index (χ1) is 15.9. The Kier molecular flexibility index (Phi) is 7.00. The summed E-state index contributed by atoms with van der Waals surface area (Å²) in [7, 11) is 0. The Hall–Kier alpha value is -3.30. The third-order valence-electron chi connectivity index (χ3n) is 4.77. The largest absolute Gasteiger partial charge is 0.272 e. The maximum absolute atomic E-state index is 13.2. The number of carbonyl (C=O) groups excluding carboxylic acids is 1. The van der Waals surface area contributed by atoms with Gasteiger partial charge in [-0.1, -0.05) is 52.0 Å². The zero-order chi connectivity index (χ0) is 23.4. The molecule has 1 aromatic heterocycles. The van der Waals surface area contributed by atoms with Crippen molar-refractivity contribution in [1.82, 2.24) is 15.0 Å². The van der Waals surface area contributed by atoms with Crippen LogP contribution in [0.3, 0.4) is 0 Å². The van der Waals surface area contributed by atoms with Crippen LogP contribution in [0.15, 0.2) is 92.3 Å². The van der Waals surface area contributed by atoms with E-state index in [2.05, 4.69) is 31.4 Å². The number of benzene rings is 3. The van der Waals surface area contributed by atoms with Crippen LogP contribution in [0.25, 0.3) is 16.6 Å². The number of halogens is 2. The molecule has 0 aliphatic carbocycles. The van der Waals surface area contributed by atoms with Gasteiger partial charge in [-0.15, -0.1) is 0 Å². The average Bonchev–Trinajstić information content (AvgIpc) is 2.82. The highest BCUT2D eigenvalue weighted by atomic mass is 79.9. The highest BCUT2D eigenvalue weighted by molar-refractivity contribution is 9.10. The molecular weight excluding hydrogens is 507 g/mol. The number of fused-ring (bicyclic) bond motifs is 1. The van der Waals surface area contributed by atoms with Gasteiger partial charge in [-0.25, -0.2) is 14.8 Å². The molecule has 4 rings (SSSR count). The summed E-state index contributed by atoms with van der Waals surface area (Å²) in [6.07, 6.45) is 0. The third kappa shape index (κ3) is 5.37. The van der Waals surface area contributed by atoms with Crippen LogP contribution in [0, 0.1) is 5.82 Å². The van der Waals surface area contributed by atoms with Gasteiger partial charge in [0.25, 0.3) is 11.5 Å². The van der Waals surface area contributed by atoms with Crippen LogP contribution in [0.4, 0.5) is 4.39 Å². The second kappa shape index (κ2) is 10.1. The SMILES string of the molecule is C/C(=N\NC(=O)CSc1nc2ccccc2c(=O)n1-c1ccc(Br)cc1)c1ccc(F)cc1. The van der Waals surface area contributed by atoms with E-state index in [4.69, 9.17) is 0 Å². The van der Waals surface area contributed by atoms with Crippen LogP contribution in [-0.4, -0.2) is 26.9 Å². The fourth-order valence-electron chi connectivity index (χ4n) is 3.09. The van der Waals surface area contributed by atoms with Crippen LogP contribution in [-0.2, 0) is 4.79 Å². The average molecular weight is 525 g/mol. The number of para-hydroxylation sites is 1. The van der Waals surface area contributed by atoms with Crippen molar-refractivity contribution in [2.24, 2.45) is 5.10 Å². The molecule has 0 bridgehead atoms. The first-order valence-electron chi connectivity index (χ1n) is 9.92. The molecule has 0 spiro atoms. The molecule has 9 heteroatoms. The number of amides is 1. The third-order valence-corrected chi connectivity index (χ3v) is 6.24. The smallest absolute Gasteiger partial charge is 0.266 e. The molecule has 4 aromatic rings. The van der Waals surface area contributed by atoms with Gasteiger partial charge in [-0.05, 0) is 61.0 Å². The summed E-state index contributed by atoms with van der Waals surface area (Å²) in [5.74, 6) is -0.695. The van der Waals surface area contributed by atoms with E-state index in [0.717, 1.165) is 16.2 Å². The molecule has 166 valence electrons. The monoisotopic (exact) mass is 524 g/mol. The van der Waals surface area contributed by atoms with E-state index >= 15 is 0 Å². The van der Waals surface area contributed by atoms with Crippen molar-refractivity contribution in [3.05, 3.63) is 99.0 Å². The lowest BCUT2D eigenvalue weighted by Gasteiger charge is -2.13. The summed E-state index contributed by atoms with van der Waals surface area (Å²) in [5.41, 5.74) is 4.74. The minimum atomic E-state index is -0.355. The Morgan fingerprint density at radius 1 is 1.09 bits per heavy atom. The van der Waals surface area contributed by atoms with Crippen LogP contribution < -0.4 is 11.0 Å². The lowest BCUT2D eigenvalue weighted by Crippen LogP contribution is -2.24. The zero-order valence-electron chi connectivity index (χ0n) is 17.5. The Balaban J connectivity index is 1.57. The van der Waals surface area contributed by atoms with Crippen molar-refractivity contribution in [3.8, 4) is 5.69 Å². The highest BCUT2D eigenvalue weighted by Crippen LogP contribution is 2.22. The molecular formula is C24H18BrFN4O2S. The molecule has 6 nitrogen and oxygen atoms in total. The molecule has 1 N–H and O–H groups in total. The summed E-state index contributed by atoms with van der Waals surface area (Å²) < 4.78 is 15.5. The van der Waals surface area contributed by atoms with Crippen LogP contribution in [0.1, 0.15) is 12.5 Å². The lowest BCUT2D eigenvalue weighted by molar-refractivity contribution is -0.118. The molecule has 0 aliphatic rings. The first-order valence-corrected chi connectivity index (χ1v) is 11.7. The Labute approximate surface area is 201 Å². The Morgan fingerprint density at radius 3 is 2.52 bits per heavy atom. The van der Waals surface area contributed by atoms with Crippen molar-refractivity contribution < 1.29 is 9.18 Å². The molecule has 0 radical (unpaired) electrons. The first kappa shape index (κ1) is 22.9. The number of hydrazone groups is 1. The molecule has 0 saturated carbocycles. The number of nitrogens with zero attached hydrogens (tertiary/aromatic N) is 3. The Morgan fingerprint density at radius 2 is 1.79 bits per heavy atom.